The van der Waals surface area contributed by atoms with Crippen LogP contribution in [0, 0.1) is 0 Å². The van der Waals surface area contributed by atoms with Crippen molar-refractivity contribution in [2.75, 3.05) is 6.54 Å². The number of aryl methyl sites for hydroxylation is 1. The number of carbonyl (C=O) groups is 1. The van der Waals surface area contributed by atoms with Crippen molar-refractivity contribution in [3.8, 4) is 5.82 Å². The third-order valence-electron chi connectivity index (χ3n) is 4.78. The Morgan fingerprint density at radius 2 is 2.04 bits per heavy atom. The minimum Gasteiger partial charge on any atom is -0.353 e. The largest absolute Gasteiger partial charge is 0.353 e. The summed E-state index contributed by atoms with van der Waals surface area (Å²) in [6.07, 6.45) is 8.72. The molecule has 6 nitrogen and oxygen atoms in total. The monoisotopic (exact) mass is 335 g/mol. The Labute approximate surface area is 146 Å². The van der Waals surface area contributed by atoms with Crippen LogP contribution in [0.25, 0.3) is 5.82 Å². The standard InChI is InChI=1S/C19H21N5O/c1-22-12-5-9-16(22)17-8-2-3-13-23(17)19(25)15-7-4-10-18(21-15)24-14-6-11-20-24/h4-7,9-12,14,17H,2-3,8,13H2,1H3/t17-/m1/s1. The molecule has 0 unspecified atom stereocenters. The molecule has 0 spiro atoms. The quantitative estimate of drug-likeness (QED) is 0.739. The van der Waals surface area contributed by atoms with Gasteiger partial charge in [-0.3, -0.25) is 4.79 Å². The Morgan fingerprint density at radius 3 is 2.80 bits per heavy atom. The zero-order valence-electron chi connectivity index (χ0n) is 14.2. The van der Waals surface area contributed by atoms with Gasteiger partial charge in [-0.05, 0) is 49.6 Å². The minimum absolute atomic E-state index is 0.0140. The Kier molecular flexibility index (Phi) is 4.09. The zero-order chi connectivity index (χ0) is 17.2. The van der Waals surface area contributed by atoms with E-state index in [0.29, 0.717) is 11.5 Å². The summed E-state index contributed by atoms with van der Waals surface area (Å²) in [6.45, 7) is 0.766. The maximum absolute atomic E-state index is 13.2. The summed E-state index contributed by atoms with van der Waals surface area (Å²) in [4.78, 5) is 19.7. The molecule has 6 heteroatoms. The van der Waals surface area contributed by atoms with E-state index in [1.165, 1.54) is 5.69 Å². The van der Waals surface area contributed by atoms with Crippen LogP contribution < -0.4 is 0 Å². The highest BCUT2D eigenvalue weighted by Crippen LogP contribution is 2.32. The molecule has 4 heterocycles. The van der Waals surface area contributed by atoms with E-state index >= 15 is 0 Å². The number of piperidine rings is 1. The number of amides is 1. The second kappa shape index (κ2) is 6.55. The Bertz CT molecular complexity index is 868. The van der Waals surface area contributed by atoms with Crippen molar-refractivity contribution in [1.82, 2.24) is 24.2 Å². The molecule has 0 bridgehead atoms. The summed E-state index contributed by atoms with van der Waals surface area (Å²) in [5, 5.41) is 4.19. The SMILES string of the molecule is Cn1cccc1[C@H]1CCCCN1C(=O)c1cccc(-n2cccn2)n1. The lowest BCUT2D eigenvalue weighted by Crippen LogP contribution is -2.39. The lowest BCUT2D eigenvalue weighted by molar-refractivity contribution is 0.0596. The third kappa shape index (κ3) is 2.95. The van der Waals surface area contributed by atoms with Crippen LogP contribution in [0.2, 0.25) is 0 Å². The fourth-order valence-corrected chi connectivity index (χ4v) is 3.52. The molecule has 3 aromatic rings. The number of rotatable bonds is 3. The van der Waals surface area contributed by atoms with Crippen molar-refractivity contribution < 1.29 is 4.79 Å². The summed E-state index contributed by atoms with van der Waals surface area (Å²) in [5.74, 6) is 0.642. The summed E-state index contributed by atoms with van der Waals surface area (Å²) in [7, 11) is 2.03. The lowest BCUT2D eigenvalue weighted by atomic mass is 9.98. The molecule has 0 aliphatic carbocycles. The van der Waals surface area contributed by atoms with Crippen LogP contribution in [0.1, 0.15) is 41.5 Å². The molecular weight excluding hydrogens is 314 g/mol. The number of pyridine rings is 1. The Balaban J connectivity index is 1.65. The Hall–Kier alpha value is -2.89. The normalized spacial score (nSPS) is 17.6. The highest BCUT2D eigenvalue weighted by atomic mass is 16.2. The molecule has 4 rings (SSSR count). The molecule has 1 fully saturated rings. The maximum atomic E-state index is 13.2. The number of aromatic nitrogens is 4. The first kappa shape index (κ1) is 15.6. The van der Waals surface area contributed by atoms with Crippen molar-refractivity contribution in [2.24, 2.45) is 7.05 Å². The fraction of sp³-hybridized carbons (Fsp3) is 0.316. The average molecular weight is 335 g/mol. The molecule has 1 aliphatic heterocycles. The van der Waals surface area contributed by atoms with Gasteiger partial charge in [0.1, 0.15) is 5.69 Å². The summed E-state index contributed by atoms with van der Waals surface area (Å²) >= 11 is 0. The molecular formula is C19H21N5O. The van der Waals surface area contributed by atoms with E-state index in [4.69, 9.17) is 0 Å². The molecule has 0 N–H and O–H groups in total. The predicted octanol–water partition coefficient (Wildman–Crippen LogP) is 2.97. The van der Waals surface area contributed by atoms with Gasteiger partial charge in [0.15, 0.2) is 5.82 Å². The van der Waals surface area contributed by atoms with Crippen LogP contribution in [0.15, 0.2) is 55.0 Å². The van der Waals surface area contributed by atoms with E-state index in [1.54, 1.807) is 16.9 Å². The zero-order valence-corrected chi connectivity index (χ0v) is 14.2. The van der Waals surface area contributed by atoms with Gasteiger partial charge in [0.25, 0.3) is 5.91 Å². The van der Waals surface area contributed by atoms with Crippen LogP contribution >= 0.6 is 0 Å². The van der Waals surface area contributed by atoms with Crippen LogP contribution in [0.5, 0.6) is 0 Å². The Morgan fingerprint density at radius 1 is 1.12 bits per heavy atom. The van der Waals surface area contributed by atoms with Crippen LogP contribution in [0.4, 0.5) is 0 Å². The highest BCUT2D eigenvalue weighted by molar-refractivity contribution is 5.92. The molecule has 3 aromatic heterocycles. The topological polar surface area (TPSA) is 56.0 Å². The number of hydrogen-bond donors (Lipinski definition) is 0. The van der Waals surface area contributed by atoms with Gasteiger partial charge in [-0.15, -0.1) is 0 Å². The first-order chi connectivity index (χ1) is 12.2. The van der Waals surface area contributed by atoms with Crippen molar-refractivity contribution in [1.29, 1.82) is 0 Å². The van der Waals surface area contributed by atoms with E-state index in [-0.39, 0.29) is 11.9 Å². The lowest BCUT2D eigenvalue weighted by Gasteiger charge is -2.36. The molecule has 0 aromatic carbocycles. The summed E-state index contributed by atoms with van der Waals surface area (Å²) in [6, 6.07) is 11.6. The number of likely N-dealkylation sites (tertiary alicyclic amines) is 1. The number of carbonyl (C=O) groups excluding carboxylic acids is 1. The number of nitrogens with zero attached hydrogens (tertiary/aromatic N) is 5. The first-order valence-corrected chi connectivity index (χ1v) is 8.63. The summed E-state index contributed by atoms with van der Waals surface area (Å²) in [5.41, 5.74) is 1.64. The van der Waals surface area contributed by atoms with E-state index in [9.17, 15) is 4.79 Å². The second-order valence-corrected chi connectivity index (χ2v) is 6.39. The van der Waals surface area contributed by atoms with Crippen molar-refractivity contribution in [3.05, 3.63) is 66.4 Å². The third-order valence-corrected chi connectivity index (χ3v) is 4.78. The van der Waals surface area contributed by atoms with Gasteiger partial charge in [-0.1, -0.05) is 6.07 Å². The molecule has 1 atom stereocenters. The van der Waals surface area contributed by atoms with Gasteiger partial charge in [-0.2, -0.15) is 5.10 Å². The van der Waals surface area contributed by atoms with E-state index in [2.05, 4.69) is 20.7 Å². The highest BCUT2D eigenvalue weighted by Gasteiger charge is 2.30. The molecule has 1 amide bonds. The predicted molar refractivity (Wildman–Crippen MR) is 94.4 cm³/mol. The molecule has 1 saturated heterocycles. The fourth-order valence-electron chi connectivity index (χ4n) is 3.52. The van der Waals surface area contributed by atoms with Gasteiger partial charge >= 0.3 is 0 Å². The minimum atomic E-state index is -0.0140. The second-order valence-electron chi connectivity index (χ2n) is 6.39. The number of hydrogen-bond acceptors (Lipinski definition) is 3. The van der Waals surface area contributed by atoms with Gasteiger partial charge in [0, 0.05) is 37.9 Å². The molecule has 1 aliphatic rings. The summed E-state index contributed by atoms with van der Waals surface area (Å²) < 4.78 is 3.77. The van der Waals surface area contributed by atoms with Crippen molar-refractivity contribution in [2.45, 2.75) is 25.3 Å². The average Bonchev–Trinajstić information content (AvgIpc) is 3.33. The van der Waals surface area contributed by atoms with Gasteiger partial charge in [0.2, 0.25) is 0 Å². The van der Waals surface area contributed by atoms with Crippen molar-refractivity contribution in [3.63, 3.8) is 0 Å². The van der Waals surface area contributed by atoms with Gasteiger partial charge < -0.3 is 9.47 Å². The first-order valence-electron chi connectivity index (χ1n) is 8.63. The van der Waals surface area contributed by atoms with E-state index < -0.39 is 0 Å². The maximum Gasteiger partial charge on any atom is 0.273 e. The van der Waals surface area contributed by atoms with Gasteiger partial charge in [0.05, 0.1) is 6.04 Å². The van der Waals surface area contributed by atoms with Crippen LogP contribution in [0.3, 0.4) is 0 Å². The van der Waals surface area contributed by atoms with Gasteiger partial charge in [-0.25, -0.2) is 9.67 Å². The van der Waals surface area contributed by atoms with E-state index in [1.807, 2.05) is 48.6 Å². The molecule has 0 radical (unpaired) electrons. The van der Waals surface area contributed by atoms with E-state index in [0.717, 1.165) is 25.8 Å². The molecule has 0 saturated carbocycles. The molecule has 128 valence electrons. The van der Waals surface area contributed by atoms with Crippen LogP contribution in [-0.2, 0) is 7.05 Å². The smallest absolute Gasteiger partial charge is 0.273 e. The van der Waals surface area contributed by atoms with Crippen LogP contribution in [-0.4, -0.2) is 36.7 Å². The van der Waals surface area contributed by atoms with Crippen molar-refractivity contribution >= 4 is 5.91 Å². The molecule has 25 heavy (non-hydrogen) atoms.